The first-order valence-corrected chi connectivity index (χ1v) is 9.30. The van der Waals surface area contributed by atoms with E-state index in [1.807, 2.05) is 18.2 Å². The minimum absolute atomic E-state index is 0.142. The van der Waals surface area contributed by atoms with Gasteiger partial charge in [0.15, 0.2) is 0 Å². The predicted octanol–water partition coefficient (Wildman–Crippen LogP) is 1.28. The highest BCUT2D eigenvalue weighted by Gasteiger charge is 2.36. The Kier molecular flexibility index (Phi) is 4.18. The molecule has 2 fully saturated rings. The van der Waals surface area contributed by atoms with Crippen LogP contribution in [0.1, 0.15) is 19.3 Å². The topological polar surface area (TPSA) is 75.9 Å². The number of hydrogen-bond donors (Lipinski definition) is 1. The molecule has 0 amide bonds. The maximum Gasteiger partial charge on any atom is 0.214 e. The molecule has 2 saturated heterocycles. The Morgan fingerprint density at radius 2 is 1.95 bits per heavy atom. The Labute approximate surface area is 131 Å². The van der Waals surface area contributed by atoms with E-state index in [2.05, 4.69) is 4.90 Å². The van der Waals surface area contributed by atoms with Crippen molar-refractivity contribution in [2.45, 2.75) is 25.3 Å². The standard InChI is InChI=1S/C15H23N3O3S/c1-21-13-3-4-15(14(16)11-13)17-8-5-12(6-9-17)18-7-2-10-22(18,19)20/h3-4,11-12H,2,5-10,16H2,1H3. The fourth-order valence-electron chi connectivity index (χ4n) is 3.41. The largest absolute Gasteiger partial charge is 0.497 e. The van der Waals surface area contributed by atoms with E-state index in [0.29, 0.717) is 18.0 Å². The van der Waals surface area contributed by atoms with E-state index in [4.69, 9.17) is 10.5 Å². The third kappa shape index (κ3) is 2.87. The summed E-state index contributed by atoms with van der Waals surface area (Å²) in [5, 5.41) is 0. The Bertz CT molecular complexity index is 639. The molecule has 6 nitrogen and oxygen atoms in total. The summed E-state index contributed by atoms with van der Waals surface area (Å²) in [6.07, 6.45) is 2.46. The third-order valence-electron chi connectivity index (χ3n) is 4.59. The highest BCUT2D eigenvalue weighted by Crippen LogP contribution is 2.31. The minimum Gasteiger partial charge on any atom is -0.497 e. The molecule has 0 saturated carbocycles. The van der Waals surface area contributed by atoms with Gasteiger partial charge in [-0.2, -0.15) is 4.31 Å². The molecule has 2 heterocycles. The van der Waals surface area contributed by atoms with Gasteiger partial charge in [-0.05, 0) is 31.4 Å². The minimum atomic E-state index is -3.01. The van der Waals surface area contributed by atoms with Gasteiger partial charge in [-0.25, -0.2) is 8.42 Å². The SMILES string of the molecule is COc1ccc(N2CCC(N3CCCS3(=O)=O)CC2)c(N)c1. The molecule has 0 bridgehead atoms. The number of nitrogens with zero attached hydrogens (tertiary/aromatic N) is 2. The zero-order valence-corrected chi connectivity index (χ0v) is 13.7. The second kappa shape index (κ2) is 5.96. The van der Waals surface area contributed by atoms with E-state index < -0.39 is 10.0 Å². The third-order valence-corrected chi connectivity index (χ3v) is 6.59. The van der Waals surface area contributed by atoms with Gasteiger partial charge in [-0.1, -0.05) is 0 Å². The van der Waals surface area contributed by atoms with Crippen LogP contribution in [0.4, 0.5) is 11.4 Å². The first-order chi connectivity index (χ1) is 10.5. The smallest absolute Gasteiger partial charge is 0.214 e. The molecular weight excluding hydrogens is 302 g/mol. The zero-order valence-electron chi connectivity index (χ0n) is 12.9. The Morgan fingerprint density at radius 1 is 1.23 bits per heavy atom. The summed E-state index contributed by atoms with van der Waals surface area (Å²) in [4.78, 5) is 2.23. The van der Waals surface area contributed by atoms with Gasteiger partial charge >= 0.3 is 0 Å². The van der Waals surface area contributed by atoms with Crippen LogP contribution >= 0.6 is 0 Å². The molecule has 0 unspecified atom stereocenters. The van der Waals surface area contributed by atoms with Crippen molar-refractivity contribution in [1.29, 1.82) is 0 Å². The van der Waals surface area contributed by atoms with Gasteiger partial charge in [0.2, 0.25) is 10.0 Å². The first kappa shape index (κ1) is 15.4. The van der Waals surface area contributed by atoms with Crippen molar-refractivity contribution in [1.82, 2.24) is 4.31 Å². The van der Waals surface area contributed by atoms with Crippen molar-refractivity contribution in [3.63, 3.8) is 0 Å². The molecule has 2 aliphatic heterocycles. The quantitative estimate of drug-likeness (QED) is 0.847. The fraction of sp³-hybridized carbons (Fsp3) is 0.600. The van der Waals surface area contributed by atoms with E-state index in [0.717, 1.165) is 43.8 Å². The lowest BCUT2D eigenvalue weighted by molar-refractivity contribution is 0.291. The van der Waals surface area contributed by atoms with Crippen molar-refractivity contribution in [3.05, 3.63) is 18.2 Å². The fourth-order valence-corrected chi connectivity index (χ4v) is 5.21. The molecule has 3 rings (SSSR count). The molecular formula is C15H23N3O3S. The van der Waals surface area contributed by atoms with Crippen LogP contribution in [0.5, 0.6) is 5.75 Å². The number of hydrogen-bond acceptors (Lipinski definition) is 5. The lowest BCUT2D eigenvalue weighted by Gasteiger charge is -2.37. The molecule has 0 radical (unpaired) electrons. The lowest BCUT2D eigenvalue weighted by atomic mass is 10.0. The van der Waals surface area contributed by atoms with Crippen LogP contribution in [0, 0.1) is 0 Å². The van der Waals surface area contributed by atoms with Crippen LogP contribution in [-0.4, -0.2) is 51.3 Å². The van der Waals surface area contributed by atoms with Crippen molar-refractivity contribution in [2.75, 3.05) is 43.1 Å². The van der Waals surface area contributed by atoms with Crippen molar-refractivity contribution >= 4 is 21.4 Å². The van der Waals surface area contributed by atoms with Crippen molar-refractivity contribution in [3.8, 4) is 5.75 Å². The average Bonchev–Trinajstić information content (AvgIpc) is 2.87. The molecule has 1 aromatic rings. The highest BCUT2D eigenvalue weighted by atomic mass is 32.2. The lowest BCUT2D eigenvalue weighted by Crippen LogP contribution is -2.45. The number of piperidine rings is 1. The van der Waals surface area contributed by atoms with Gasteiger partial charge in [-0.3, -0.25) is 0 Å². The van der Waals surface area contributed by atoms with E-state index >= 15 is 0 Å². The molecule has 2 N–H and O–H groups in total. The molecule has 7 heteroatoms. The van der Waals surface area contributed by atoms with Gasteiger partial charge in [0.25, 0.3) is 0 Å². The van der Waals surface area contributed by atoms with Gasteiger partial charge < -0.3 is 15.4 Å². The average molecular weight is 325 g/mol. The van der Waals surface area contributed by atoms with Gasteiger partial charge in [0.05, 0.1) is 24.2 Å². The number of benzene rings is 1. The van der Waals surface area contributed by atoms with Crippen LogP contribution in [0.3, 0.4) is 0 Å². The second-order valence-corrected chi connectivity index (χ2v) is 7.96. The summed E-state index contributed by atoms with van der Waals surface area (Å²) in [7, 11) is -1.39. The summed E-state index contributed by atoms with van der Waals surface area (Å²) in [6, 6.07) is 5.85. The van der Waals surface area contributed by atoms with Gasteiger partial charge in [0.1, 0.15) is 5.75 Å². The number of ether oxygens (including phenoxy) is 1. The van der Waals surface area contributed by atoms with Crippen LogP contribution in [0.25, 0.3) is 0 Å². The van der Waals surface area contributed by atoms with Crippen molar-refractivity contribution in [2.24, 2.45) is 0 Å². The number of nitrogen functional groups attached to an aromatic ring is 1. The molecule has 2 aliphatic rings. The predicted molar refractivity (Wildman–Crippen MR) is 87.8 cm³/mol. The maximum atomic E-state index is 12.0. The van der Waals surface area contributed by atoms with Crippen LogP contribution in [-0.2, 0) is 10.0 Å². The van der Waals surface area contributed by atoms with Crippen LogP contribution < -0.4 is 15.4 Å². The monoisotopic (exact) mass is 325 g/mol. The van der Waals surface area contributed by atoms with Crippen LogP contribution in [0.2, 0.25) is 0 Å². The number of nitrogens with two attached hydrogens (primary N) is 1. The number of anilines is 2. The Hall–Kier alpha value is -1.47. The first-order valence-electron chi connectivity index (χ1n) is 7.69. The molecule has 0 spiro atoms. The molecule has 22 heavy (non-hydrogen) atoms. The molecule has 0 aromatic heterocycles. The van der Waals surface area contributed by atoms with E-state index in [-0.39, 0.29) is 6.04 Å². The van der Waals surface area contributed by atoms with E-state index in [1.54, 1.807) is 11.4 Å². The molecule has 0 atom stereocenters. The summed E-state index contributed by atoms with van der Waals surface area (Å²) >= 11 is 0. The molecule has 0 aliphatic carbocycles. The number of rotatable bonds is 3. The number of sulfonamides is 1. The van der Waals surface area contributed by atoms with Gasteiger partial charge in [-0.15, -0.1) is 0 Å². The summed E-state index contributed by atoms with van der Waals surface area (Å²) in [5.74, 6) is 1.05. The summed E-state index contributed by atoms with van der Waals surface area (Å²) in [5.41, 5.74) is 7.80. The summed E-state index contributed by atoms with van der Waals surface area (Å²) in [6.45, 7) is 2.33. The maximum absolute atomic E-state index is 12.0. The van der Waals surface area contributed by atoms with Gasteiger partial charge in [0, 0.05) is 31.7 Å². The molecule has 1 aromatic carbocycles. The Morgan fingerprint density at radius 3 is 2.50 bits per heavy atom. The molecule has 122 valence electrons. The number of methoxy groups -OCH3 is 1. The summed E-state index contributed by atoms with van der Waals surface area (Å²) < 4.78 is 30.9. The normalized spacial score (nSPS) is 22.9. The zero-order chi connectivity index (χ0) is 15.7. The van der Waals surface area contributed by atoms with Crippen LogP contribution in [0.15, 0.2) is 18.2 Å². The van der Waals surface area contributed by atoms with Crippen molar-refractivity contribution < 1.29 is 13.2 Å². The Balaban J connectivity index is 1.67. The van der Waals surface area contributed by atoms with E-state index in [9.17, 15) is 8.42 Å². The highest BCUT2D eigenvalue weighted by molar-refractivity contribution is 7.89. The second-order valence-electron chi connectivity index (χ2n) is 5.92. The van der Waals surface area contributed by atoms with E-state index in [1.165, 1.54) is 0 Å².